The second kappa shape index (κ2) is 8.57. The van der Waals surface area contributed by atoms with Crippen LogP contribution in [-0.4, -0.2) is 53.4 Å². The van der Waals surface area contributed by atoms with Crippen molar-refractivity contribution in [2.24, 2.45) is 0 Å². The van der Waals surface area contributed by atoms with E-state index in [0.717, 1.165) is 11.4 Å². The number of para-hydroxylation sites is 2. The molecule has 1 amide bonds. The number of piperazine rings is 1. The number of halogens is 1. The SMILES string of the molecule is CCOc1ccccc1N1CCN(C(=O)c2cc(C)nn2-c2cccc(F)c2)CC1. The number of aromatic nitrogens is 2. The summed E-state index contributed by atoms with van der Waals surface area (Å²) in [4.78, 5) is 17.3. The number of carbonyl (C=O) groups excluding carboxylic acids is 1. The molecule has 1 saturated heterocycles. The van der Waals surface area contributed by atoms with Gasteiger partial charge in [0.1, 0.15) is 17.3 Å². The van der Waals surface area contributed by atoms with Crippen LogP contribution in [0.5, 0.6) is 5.75 Å². The molecule has 1 aliphatic rings. The third kappa shape index (κ3) is 4.01. The van der Waals surface area contributed by atoms with Crippen molar-refractivity contribution in [2.45, 2.75) is 13.8 Å². The normalized spacial score (nSPS) is 14.1. The molecule has 0 spiro atoms. The first kappa shape index (κ1) is 19.9. The van der Waals surface area contributed by atoms with Crippen LogP contribution in [0.2, 0.25) is 0 Å². The minimum Gasteiger partial charge on any atom is -0.492 e. The maximum absolute atomic E-state index is 13.7. The maximum atomic E-state index is 13.7. The summed E-state index contributed by atoms with van der Waals surface area (Å²) in [6.45, 7) is 7.01. The smallest absolute Gasteiger partial charge is 0.272 e. The Bertz CT molecular complexity index is 1040. The monoisotopic (exact) mass is 408 g/mol. The van der Waals surface area contributed by atoms with E-state index < -0.39 is 0 Å². The molecule has 1 aliphatic heterocycles. The van der Waals surface area contributed by atoms with Gasteiger partial charge in [-0.15, -0.1) is 0 Å². The van der Waals surface area contributed by atoms with Crippen LogP contribution in [0.3, 0.4) is 0 Å². The molecule has 0 bridgehead atoms. The van der Waals surface area contributed by atoms with Crippen molar-refractivity contribution in [1.82, 2.24) is 14.7 Å². The number of nitrogens with zero attached hydrogens (tertiary/aromatic N) is 4. The Balaban J connectivity index is 1.51. The number of carbonyl (C=O) groups is 1. The van der Waals surface area contributed by atoms with Crippen molar-refractivity contribution >= 4 is 11.6 Å². The van der Waals surface area contributed by atoms with Crippen molar-refractivity contribution in [3.8, 4) is 11.4 Å². The number of anilines is 1. The standard InChI is InChI=1S/C23H25FN4O2/c1-3-30-22-10-5-4-9-20(22)26-11-13-27(14-12-26)23(29)21-15-17(2)25-28(21)19-8-6-7-18(24)16-19/h4-10,15-16H,3,11-14H2,1-2H3. The zero-order valence-corrected chi connectivity index (χ0v) is 17.2. The molecule has 0 saturated carbocycles. The zero-order valence-electron chi connectivity index (χ0n) is 17.2. The van der Waals surface area contributed by atoms with Crippen LogP contribution in [0, 0.1) is 12.7 Å². The third-order valence-electron chi connectivity index (χ3n) is 5.18. The van der Waals surface area contributed by atoms with Gasteiger partial charge in [-0.3, -0.25) is 4.79 Å². The summed E-state index contributed by atoms with van der Waals surface area (Å²) in [5.74, 6) is 0.401. The molecule has 4 rings (SSSR count). The maximum Gasteiger partial charge on any atom is 0.272 e. The first-order valence-corrected chi connectivity index (χ1v) is 10.2. The fourth-order valence-corrected chi connectivity index (χ4v) is 3.76. The van der Waals surface area contributed by atoms with Gasteiger partial charge < -0.3 is 14.5 Å². The summed E-state index contributed by atoms with van der Waals surface area (Å²) in [7, 11) is 0. The second-order valence-corrected chi connectivity index (χ2v) is 7.24. The highest BCUT2D eigenvalue weighted by atomic mass is 19.1. The highest BCUT2D eigenvalue weighted by molar-refractivity contribution is 5.93. The summed E-state index contributed by atoms with van der Waals surface area (Å²) in [6, 6.07) is 15.8. The van der Waals surface area contributed by atoms with Gasteiger partial charge in [-0.2, -0.15) is 5.10 Å². The molecule has 156 valence electrons. The topological polar surface area (TPSA) is 50.6 Å². The molecular formula is C23H25FN4O2. The van der Waals surface area contributed by atoms with Gasteiger partial charge in [0.2, 0.25) is 0 Å². The van der Waals surface area contributed by atoms with Crippen LogP contribution >= 0.6 is 0 Å². The van der Waals surface area contributed by atoms with Gasteiger partial charge in [-0.25, -0.2) is 9.07 Å². The van der Waals surface area contributed by atoms with Crippen LogP contribution < -0.4 is 9.64 Å². The highest BCUT2D eigenvalue weighted by Gasteiger charge is 2.26. The molecule has 6 nitrogen and oxygen atoms in total. The van der Waals surface area contributed by atoms with E-state index in [0.29, 0.717) is 49.9 Å². The highest BCUT2D eigenvalue weighted by Crippen LogP contribution is 2.29. The van der Waals surface area contributed by atoms with Crippen LogP contribution in [0.15, 0.2) is 54.6 Å². The minimum atomic E-state index is -0.361. The second-order valence-electron chi connectivity index (χ2n) is 7.24. The quantitative estimate of drug-likeness (QED) is 0.646. The van der Waals surface area contributed by atoms with E-state index >= 15 is 0 Å². The molecule has 1 fully saturated rings. The van der Waals surface area contributed by atoms with Gasteiger partial charge in [-0.05, 0) is 50.2 Å². The van der Waals surface area contributed by atoms with E-state index in [1.54, 1.807) is 18.2 Å². The summed E-state index contributed by atoms with van der Waals surface area (Å²) in [5.41, 5.74) is 2.75. The average molecular weight is 408 g/mol. The van der Waals surface area contributed by atoms with Gasteiger partial charge in [0.15, 0.2) is 0 Å². The molecule has 0 N–H and O–H groups in total. The number of benzene rings is 2. The van der Waals surface area contributed by atoms with E-state index in [-0.39, 0.29) is 11.7 Å². The number of hydrogen-bond donors (Lipinski definition) is 0. The van der Waals surface area contributed by atoms with E-state index in [1.807, 2.05) is 43.0 Å². The largest absolute Gasteiger partial charge is 0.492 e. The molecule has 0 unspecified atom stereocenters. The predicted octanol–water partition coefficient (Wildman–Crippen LogP) is 3.68. The molecule has 1 aromatic heterocycles. The van der Waals surface area contributed by atoms with Crippen LogP contribution in [0.4, 0.5) is 10.1 Å². The summed E-state index contributed by atoms with van der Waals surface area (Å²) in [6.07, 6.45) is 0. The fourth-order valence-electron chi connectivity index (χ4n) is 3.76. The van der Waals surface area contributed by atoms with Crippen LogP contribution in [0.1, 0.15) is 23.1 Å². The average Bonchev–Trinajstić information content (AvgIpc) is 3.16. The Labute approximate surface area is 175 Å². The van der Waals surface area contributed by atoms with Gasteiger partial charge in [-0.1, -0.05) is 18.2 Å². The minimum absolute atomic E-state index is 0.0994. The molecule has 0 atom stereocenters. The Morgan fingerprint density at radius 1 is 1.07 bits per heavy atom. The van der Waals surface area contributed by atoms with Gasteiger partial charge in [0.05, 0.1) is 23.7 Å². The van der Waals surface area contributed by atoms with Gasteiger partial charge >= 0.3 is 0 Å². The lowest BCUT2D eigenvalue weighted by atomic mass is 10.2. The Kier molecular flexibility index (Phi) is 5.70. The molecule has 0 radical (unpaired) electrons. The molecule has 7 heteroatoms. The van der Waals surface area contributed by atoms with E-state index in [4.69, 9.17) is 4.74 Å². The molecule has 2 heterocycles. The first-order valence-electron chi connectivity index (χ1n) is 10.2. The van der Waals surface area contributed by atoms with E-state index in [1.165, 1.54) is 16.8 Å². The zero-order chi connectivity index (χ0) is 21.1. The van der Waals surface area contributed by atoms with Crippen molar-refractivity contribution in [2.75, 3.05) is 37.7 Å². The Hall–Kier alpha value is -3.35. The van der Waals surface area contributed by atoms with E-state index in [9.17, 15) is 9.18 Å². The summed E-state index contributed by atoms with van der Waals surface area (Å²) >= 11 is 0. The summed E-state index contributed by atoms with van der Waals surface area (Å²) < 4.78 is 21.0. The lowest BCUT2D eigenvalue weighted by Crippen LogP contribution is -2.49. The van der Waals surface area contributed by atoms with Crippen LogP contribution in [0.25, 0.3) is 5.69 Å². The third-order valence-corrected chi connectivity index (χ3v) is 5.18. The fraction of sp³-hybridized carbons (Fsp3) is 0.304. The summed E-state index contributed by atoms with van der Waals surface area (Å²) in [5, 5.41) is 4.41. The van der Waals surface area contributed by atoms with E-state index in [2.05, 4.69) is 10.00 Å². The lowest BCUT2D eigenvalue weighted by Gasteiger charge is -2.36. The van der Waals surface area contributed by atoms with Crippen LogP contribution in [-0.2, 0) is 0 Å². The molecular weight excluding hydrogens is 383 g/mol. The van der Waals surface area contributed by atoms with Gasteiger partial charge in [0, 0.05) is 26.2 Å². The predicted molar refractivity (Wildman–Crippen MR) is 114 cm³/mol. The number of aryl methyl sites for hydroxylation is 1. The number of hydrogen-bond acceptors (Lipinski definition) is 4. The lowest BCUT2D eigenvalue weighted by molar-refractivity contribution is 0.0737. The Morgan fingerprint density at radius 2 is 1.83 bits per heavy atom. The molecule has 0 aliphatic carbocycles. The molecule has 3 aromatic rings. The van der Waals surface area contributed by atoms with Crippen molar-refractivity contribution in [3.05, 3.63) is 71.8 Å². The number of amides is 1. The first-order chi connectivity index (χ1) is 14.6. The Morgan fingerprint density at radius 3 is 2.57 bits per heavy atom. The number of ether oxygens (including phenoxy) is 1. The van der Waals surface area contributed by atoms with Crippen molar-refractivity contribution in [3.63, 3.8) is 0 Å². The van der Waals surface area contributed by atoms with Crippen molar-refractivity contribution in [1.29, 1.82) is 0 Å². The molecule has 2 aromatic carbocycles. The van der Waals surface area contributed by atoms with Gasteiger partial charge in [0.25, 0.3) is 5.91 Å². The number of rotatable bonds is 5. The van der Waals surface area contributed by atoms with Crippen molar-refractivity contribution < 1.29 is 13.9 Å². The molecule has 30 heavy (non-hydrogen) atoms.